The van der Waals surface area contributed by atoms with Crippen molar-refractivity contribution < 1.29 is 14.3 Å². The van der Waals surface area contributed by atoms with Crippen molar-refractivity contribution in [2.45, 2.75) is 13.5 Å². The topological polar surface area (TPSA) is 84.7 Å². The molecule has 0 bridgehead atoms. The fourth-order valence-corrected chi connectivity index (χ4v) is 2.37. The van der Waals surface area contributed by atoms with Crippen LogP contribution in [0.3, 0.4) is 0 Å². The van der Waals surface area contributed by atoms with Gasteiger partial charge in [0.05, 0.1) is 7.11 Å². The average molecular weight is 341 g/mol. The van der Waals surface area contributed by atoms with Crippen LogP contribution in [-0.4, -0.2) is 36.9 Å². The summed E-state index contributed by atoms with van der Waals surface area (Å²) >= 11 is 0. The molecule has 0 aromatic heterocycles. The largest absolute Gasteiger partial charge is 0.497 e. The van der Waals surface area contributed by atoms with E-state index in [9.17, 15) is 9.59 Å². The fourth-order valence-electron chi connectivity index (χ4n) is 2.37. The van der Waals surface area contributed by atoms with Gasteiger partial charge in [-0.2, -0.15) is 0 Å². The van der Waals surface area contributed by atoms with E-state index in [4.69, 9.17) is 10.5 Å². The molecule has 0 atom stereocenters. The maximum atomic E-state index is 12.6. The second kappa shape index (κ2) is 8.84. The van der Waals surface area contributed by atoms with Crippen LogP contribution in [0.1, 0.15) is 22.8 Å². The number of hydrogen-bond donors (Lipinski definition) is 2. The molecule has 0 saturated carbocycles. The molecule has 2 amide bonds. The minimum absolute atomic E-state index is 0.0226. The van der Waals surface area contributed by atoms with Gasteiger partial charge >= 0.3 is 0 Å². The summed E-state index contributed by atoms with van der Waals surface area (Å²) in [5, 5.41) is 2.78. The molecule has 3 N–H and O–H groups in total. The molecule has 6 nitrogen and oxygen atoms in total. The number of amides is 2. The summed E-state index contributed by atoms with van der Waals surface area (Å²) in [6, 6.07) is 14.2. The zero-order valence-corrected chi connectivity index (χ0v) is 14.5. The van der Waals surface area contributed by atoms with E-state index in [1.54, 1.807) is 43.5 Å². The van der Waals surface area contributed by atoms with Crippen molar-refractivity contribution in [2.75, 3.05) is 25.5 Å². The Balaban J connectivity index is 2.01. The lowest BCUT2D eigenvalue weighted by Gasteiger charge is -2.20. The molecule has 0 spiro atoms. The van der Waals surface area contributed by atoms with Crippen molar-refractivity contribution in [3.05, 3.63) is 59.7 Å². The number of carbonyl (C=O) groups excluding carboxylic acids is 2. The molecular weight excluding hydrogens is 318 g/mol. The van der Waals surface area contributed by atoms with E-state index in [0.29, 0.717) is 30.1 Å². The standard InChI is InChI=1S/C19H23N3O3/c1-3-22(19(24)15-9-7-14(12-20)8-10-15)13-18(23)21-16-5-4-6-17(11-16)25-2/h4-11H,3,12-13,20H2,1-2H3,(H,21,23). The predicted octanol–water partition coefficient (Wildman–Crippen LogP) is 2.25. The molecule has 0 radical (unpaired) electrons. The van der Waals surface area contributed by atoms with Crippen LogP contribution in [0.2, 0.25) is 0 Å². The van der Waals surface area contributed by atoms with Crippen LogP contribution in [-0.2, 0) is 11.3 Å². The molecule has 0 aliphatic carbocycles. The number of nitrogens with zero attached hydrogens (tertiary/aromatic N) is 1. The number of nitrogens with one attached hydrogen (secondary N) is 1. The Hall–Kier alpha value is -2.86. The Morgan fingerprint density at radius 2 is 1.88 bits per heavy atom. The van der Waals surface area contributed by atoms with Crippen LogP contribution >= 0.6 is 0 Å². The highest BCUT2D eigenvalue weighted by Crippen LogP contribution is 2.16. The number of methoxy groups -OCH3 is 1. The number of likely N-dealkylation sites (N-methyl/N-ethyl adjacent to an activating group) is 1. The Labute approximate surface area is 147 Å². The zero-order valence-electron chi connectivity index (χ0n) is 14.5. The molecule has 0 aliphatic rings. The minimum atomic E-state index is -0.262. The quantitative estimate of drug-likeness (QED) is 0.809. The van der Waals surface area contributed by atoms with E-state index in [1.165, 1.54) is 4.90 Å². The van der Waals surface area contributed by atoms with Crippen molar-refractivity contribution in [1.82, 2.24) is 4.90 Å². The van der Waals surface area contributed by atoms with Gasteiger partial charge in [0.1, 0.15) is 12.3 Å². The number of hydrogen-bond acceptors (Lipinski definition) is 4. The molecule has 2 aromatic carbocycles. The number of rotatable bonds is 7. The third-order valence-corrected chi connectivity index (χ3v) is 3.79. The minimum Gasteiger partial charge on any atom is -0.497 e. The molecule has 0 fully saturated rings. The van der Waals surface area contributed by atoms with Crippen molar-refractivity contribution in [3.8, 4) is 5.75 Å². The van der Waals surface area contributed by atoms with Crippen molar-refractivity contribution in [2.24, 2.45) is 5.73 Å². The van der Waals surface area contributed by atoms with Gasteiger partial charge < -0.3 is 20.7 Å². The molecule has 0 unspecified atom stereocenters. The average Bonchev–Trinajstić information content (AvgIpc) is 2.65. The van der Waals surface area contributed by atoms with Gasteiger partial charge in [-0.15, -0.1) is 0 Å². The summed E-state index contributed by atoms with van der Waals surface area (Å²) in [5.74, 6) is 0.204. The first-order valence-electron chi connectivity index (χ1n) is 8.09. The van der Waals surface area contributed by atoms with Gasteiger partial charge in [0.15, 0.2) is 0 Å². The Morgan fingerprint density at radius 1 is 1.16 bits per heavy atom. The van der Waals surface area contributed by atoms with E-state index < -0.39 is 0 Å². The molecule has 2 aromatic rings. The van der Waals surface area contributed by atoms with E-state index in [0.717, 1.165) is 5.56 Å². The maximum absolute atomic E-state index is 12.6. The van der Waals surface area contributed by atoms with Crippen LogP contribution in [0.4, 0.5) is 5.69 Å². The third-order valence-electron chi connectivity index (χ3n) is 3.79. The summed E-state index contributed by atoms with van der Waals surface area (Å²) in [5.41, 5.74) is 7.68. The lowest BCUT2D eigenvalue weighted by Crippen LogP contribution is -2.37. The third kappa shape index (κ3) is 5.06. The normalized spacial score (nSPS) is 10.2. The monoisotopic (exact) mass is 341 g/mol. The molecule has 6 heteroatoms. The second-order valence-corrected chi connectivity index (χ2v) is 5.50. The van der Waals surface area contributed by atoms with Gasteiger partial charge in [-0.05, 0) is 36.8 Å². The molecule has 2 rings (SSSR count). The number of benzene rings is 2. The van der Waals surface area contributed by atoms with Gasteiger partial charge in [0.25, 0.3) is 5.91 Å². The highest BCUT2D eigenvalue weighted by molar-refractivity contribution is 5.99. The number of nitrogens with two attached hydrogens (primary N) is 1. The highest BCUT2D eigenvalue weighted by atomic mass is 16.5. The van der Waals surface area contributed by atoms with Crippen LogP contribution in [0.15, 0.2) is 48.5 Å². The van der Waals surface area contributed by atoms with Gasteiger partial charge in [0.2, 0.25) is 5.91 Å². The van der Waals surface area contributed by atoms with Crippen molar-refractivity contribution in [3.63, 3.8) is 0 Å². The first kappa shape index (κ1) is 18.5. The van der Waals surface area contributed by atoms with E-state index >= 15 is 0 Å². The summed E-state index contributed by atoms with van der Waals surface area (Å²) in [4.78, 5) is 26.3. The first-order chi connectivity index (χ1) is 12.1. The molecular formula is C19H23N3O3. The Kier molecular flexibility index (Phi) is 6.54. The molecule has 25 heavy (non-hydrogen) atoms. The smallest absolute Gasteiger partial charge is 0.254 e. The summed E-state index contributed by atoms with van der Waals surface area (Å²) < 4.78 is 5.13. The summed E-state index contributed by atoms with van der Waals surface area (Å²) in [6.07, 6.45) is 0. The Morgan fingerprint density at radius 3 is 2.48 bits per heavy atom. The van der Waals surface area contributed by atoms with E-state index in [1.807, 2.05) is 19.1 Å². The number of anilines is 1. The van der Waals surface area contributed by atoms with Gasteiger partial charge in [-0.25, -0.2) is 0 Å². The molecule has 132 valence electrons. The molecule has 0 saturated heterocycles. The SMILES string of the molecule is CCN(CC(=O)Nc1cccc(OC)c1)C(=O)c1ccc(CN)cc1. The first-order valence-corrected chi connectivity index (χ1v) is 8.09. The second-order valence-electron chi connectivity index (χ2n) is 5.50. The van der Waals surface area contributed by atoms with Crippen molar-refractivity contribution in [1.29, 1.82) is 0 Å². The highest BCUT2D eigenvalue weighted by Gasteiger charge is 2.17. The predicted molar refractivity (Wildman–Crippen MR) is 97.5 cm³/mol. The van der Waals surface area contributed by atoms with E-state index in [2.05, 4.69) is 5.32 Å². The fraction of sp³-hybridized carbons (Fsp3) is 0.263. The summed E-state index contributed by atoms with van der Waals surface area (Å²) in [7, 11) is 1.56. The number of carbonyl (C=O) groups is 2. The zero-order chi connectivity index (χ0) is 18.2. The lowest BCUT2D eigenvalue weighted by molar-refractivity contribution is -0.116. The van der Waals surface area contributed by atoms with E-state index in [-0.39, 0.29) is 18.4 Å². The Bertz CT molecular complexity index is 729. The van der Waals surface area contributed by atoms with Gasteiger partial charge in [-0.3, -0.25) is 9.59 Å². The van der Waals surface area contributed by atoms with Crippen molar-refractivity contribution >= 4 is 17.5 Å². The number of ether oxygens (including phenoxy) is 1. The molecule has 0 heterocycles. The van der Waals surface area contributed by atoms with Gasteiger partial charge in [0, 0.05) is 30.4 Å². The van der Waals surface area contributed by atoms with Crippen LogP contribution < -0.4 is 15.8 Å². The van der Waals surface area contributed by atoms with Gasteiger partial charge in [-0.1, -0.05) is 18.2 Å². The van der Waals surface area contributed by atoms with Crippen LogP contribution in [0, 0.1) is 0 Å². The lowest BCUT2D eigenvalue weighted by atomic mass is 10.1. The molecule has 0 aliphatic heterocycles. The summed E-state index contributed by atoms with van der Waals surface area (Å²) in [6.45, 7) is 2.67. The van der Waals surface area contributed by atoms with Crippen LogP contribution in [0.5, 0.6) is 5.75 Å². The van der Waals surface area contributed by atoms with Crippen LogP contribution in [0.25, 0.3) is 0 Å². The maximum Gasteiger partial charge on any atom is 0.254 e.